The molecule has 4 rings (SSSR count). The third-order valence-corrected chi connectivity index (χ3v) is 5.73. The van der Waals surface area contributed by atoms with Crippen LogP contribution in [-0.4, -0.2) is 36.1 Å². The van der Waals surface area contributed by atoms with Crippen molar-refractivity contribution in [3.05, 3.63) is 53.5 Å². The molecule has 25 heavy (non-hydrogen) atoms. The van der Waals surface area contributed by atoms with E-state index in [1.165, 1.54) is 41.9 Å². The molecular formula is C21H28N4. The molecule has 0 spiro atoms. The van der Waals surface area contributed by atoms with Crippen LogP contribution in [0.3, 0.4) is 0 Å². The monoisotopic (exact) mass is 336 g/mol. The first-order chi connectivity index (χ1) is 12.4. The molecule has 1 fully saturated rings. The van der Waals surface area contributed by atoms with Gasteiger partial charge in [0.1, 0.15) is 12.1 Å². The molecule has 132 valence electrons. The highest BCUT2D eigenvalue weighted by Crippen LogP contribution is 2.38. The number of hydrogen-bond acceptors (Lipinski definition) is 4. The Kier molecular flexibility index (Phi) is 4.97. The van der Waals surface area contributed by atoms with Gasteiger partial charge in [-0.25, -0.2) is 9.97 Å². The summed E-state index contributed by atoms with van der Waals surface area (Å²) in [5.74, 6) is 2.33. The molecular weight excluding hydrogens is 308 g/mol. The molecule has 4 nitrogen and oxygen atoms in total. The highest BCUT2D eigenvalue weighted by Gasteiger charge is 2.28. The summed E-state index contributed by atoms with van der Waals surface area (Å²) in [7, 11) is 0. The van der Waals surface area contributed by atoms with Crippen LogP contribution in [0.5, 0.6) is 0 Å². The van der Waals surface area contributed by atoms with E-state index >= 15 is 0 Å². The number of nitrogens with zero attached hydrogens (tertiary/aromatic N) is 3. The first-order valence-electron chi connectivity index (χ1n) is 9.71. The summed E-state index contributed by atoms with van der Waals surface area (Å²) in [6, 6.07) is 10.8. The van der Waals surface area contributed by atoms with Gasteiger partial charge in [-0.3, -0.25) is 0 Å². The second kappa shape index (κ2) is 7.52. The Balaban J connectivity index is 1.66. The van der Waals surface area contributed by atoms with Gasteiger partial charge in [-0.2, -0.15) is 0 Å². The topological polar surface area (TPSA) is 41.0 Å². The van der Waals surface area contributed by atoms with Gasteiger partial charge < -0.3 is 10.2 Å². The molecule has 1 N–H and O–H groups in total. The number of benzene rings is 1. The highest BCUT2D eigenvalue weighted by molar-refractivity contribution is 5.52. The van der Waals surface area contributed by atoms with Gasteiger partial charge >= 0.3 is 0 Å². The molecule has 1 aliphatic heterocycles. The van der Waals surface area contributed by atoms with E-state index in [1.807, 2.05) is 0 Å². The SMILES string of the molecule is CCN(CC1CCNC1)c1ncnc2c1CCCC2c1ccccc1. The van der Waals surface area contributed by atoms with Gasteiger partial charge in [-0.1, -0.05) is 30.3 Å². The lowest BCUT2D eigenvalue weighted by Gasteiger charge is -2.31. The number of nitrogens with one attached hydrogen (secondary N) is 1. The van der Waals surface area contributed by atoms with Gasteiger partial charge in [-0.05, 0) is 57.2 Å². The lowest BCUT2D eigenvalue weighted by Crippen LogP contribution is -2.33. The minimum absolute atomic E-state index is 0.415. The molecule has 0 amide bonds. The Hall–Kier alpha value is -1.94. The van der Waals surface area contributed by atoms with Gasteiger partial charge in [0, 0.05) is 24.6 Å². The molecule has 0 bridgehead atoms. The fraction of sp³-hybridized carbons (Fsp3) is 0.524. The van der Waals surface area contributed by atoms with Crippen LogP contribution in [0.4, 0.5) is 5.82 Å². The smallest absolute Gasteiger partial charge is 0.135 e. The summed E-state index contributed by atoms with van der Waals surface area (Å²) in [5, 5.41) is 3.48. The standard InChI is InChI=1S/C21H28N4/c1-2-25(14-16-11-12-22-13-16)21-19-10-6-9-18(20(19)23-15-24-21)17-7-4-3-5-8-17/h3-5,7-8,15-16,18,22H,2,6,9-14H2,1H3. The average Bonchev–Trinajstić information content (AvgIpc) is 3.19. The zero-order valence-electron chi connectivity index (χ0n) is 15.1. The van der Waals surface area contributed by atoms with Crippen molar-refractivity contribution in [2.75, 3.05) is 31.1 Å². The van der Waals surface area contributed by atoms with E-state index in [2.05, 4.69) is 47.5 Å². The first-order valence-corrected chi connectivity index (χ1v) is 9.71. The van der Waals surface area contributed by atoms with Crippen LogP contribution in [0.2, 0.25) is 0 Å². The fourth-order valence-electron chi connectivity index (χ4n) is 4.41. The lowest BCUT2D eigenvalue weighted by molar-refractivity contribution is 0.552. The van der Waals surface area contributed by atoms with E-state index in [0.29, 0.717) is 5.92 Å². The van der Waals surface area contributed by atoms with Crippen LogP contribution >= 0.6 is 0 Å². The minimum Gasteiger partial charge on any atom is -0.356 e. The van der Waals surface area contributed by atoms with E-state index in [0.717, 1.165) is 38.5 Å². The zero-order valence-corrected chi connectivity index (χ0v) is 15.1. The van der Waals surface area contributed by atoms with Crippen molar-refractivity contribution in [1.29, 1.82) is 0 Å². The molecule has 1 aromatic heterocycles. The van der Waals surface area contributed by atoms with Crippen LogP contribution in [0, 0.1) is 5.92 Å². The summed E-state index contributed by atoms with van der Waals surface area (Å²) in [4.78, 5) is 11.9. The normalized spacial score (nSPS) is 22.6. The number of aromatic nitrogens is 2. The molecule has 2 unspecified atom stereocenters. The van der Waals surface area contributed by atoms with Crippen LogP contribution in [0.25, 0.3) is 0 Å². The average molecular weight is 336 g/mol. The van der Waals surface area contributed by atoms with E-state index < -0.39 is 0 Å². The Morgan fingerprint density at radius 3 is 2.80 bits per heavy atom. The van der Waals surface area contributed by atoms with Crippen LogP contribution in [-0.2, 0) is 6.42 Å². The van der Waals surface area contributed by atoms with Crippen LogP contribution in [0.1, 0.15) is 48.9 Å². The molecule has 4 heteroatoms. The first kappa shape index (κ1) is 16.5. The summed E-state index contributed by atoms with van der Waals surface area (Å²) >= 11 is 0. The molecule has 2 atom stereocenters. The lowest BCUT2D eigenvalue weighted by atomic mass is 9.82. The maximum absolute atomic E-state index is 4.74. The van der Waals surface area contributed by atoms with Crippen molar-refractivity contribution in [3.8, 4) is 0 Å². The summed E-state index contributed by atoms with van der Waals surface area (Å²) in [5.41, 5.74) is 4.02. The van der Waals surface area contributed by atoms with Crippen molar-refractivity contribution < 1.29 is 0 Å². The van der Waals surface area contributed by atoms with Gasteiger partial charge in [-0.15, -0.1) is 0 Å². The molecule has 1 aliphatic carbocycles. The molecule has 1 aromatic carbocycles. The maximum Gasteiger partial charge on any atom is 0.135 e. The van der Waals surface area contributed by atoms with Gasteiger partial charge in [0.25, 0.3) is 0 Å². The van der Waals surface area contributed by atoms with E-state index in [4.69, 9.17) is 9.97 Å². The molecule has 0 saturated carbocycles. The van der Waals surface area contributed by atoms with Crippen LogP contribution < -0.4 is 10.2 Å². The Morgan fingerprint density at radius 2 is 2.04 bits per heavy atom. The van der Waals surface area contributed by atoms with Crippen molar-refractivity contribution in [2.24, 2.45) is 5.92 Å². The fourth-order valence-corrected chi connectivity index (χ4v) is 4.41. The van der Waals surface area contributed by atoms with Gasteiger partial charge in [0.05, 0.1) is 5.69 Å². The predicted molar refractivity (Wildman–Crippen MR) is 102 cm³/mol. The van der Waals surface area contributed by atoms with Gasteiger partial charge in [0.15, 0.2) is 0 Å². The van der Waals surface area contributed by atoms with E-state index in [1.54, 1.807) is 6.33 Å². The number of rotatable bonds is 5. The van der Waals surface area contributed by atoms with Crippen LogP contribution in [0.15, 0.2) is 36.7 Å². The molecule has 2 aromatic rings. The largest absolute Gasteiger partial charge is 0.356 e. The van der Waals surface area contributed by atoms with Crippen molar-refractivity contribution >= 4 is 5.82 Å². The summed E-state index contributed by atoms with van der Waals surface area (Å²) < 4.78 is 0. The van der Waals surface area contributed by atoms with Crippen molar-refractivity contribution in [1.82, 2.24) is 15.3 Å². The molecule has 2 heterocycles. The number of anilines is 1. The third-order valence-electron chi connectivity index (χ3n) is 5.73. The van der Waals surface area contributed by atoms with E-state index in [9.17, 15) is 0 Å². The van der Waals surface area contributed by atoms with Crippen molar-refractivity contribution in [2.45, 2.75) is 38.5 Å². The predicted octanol–water partition coefficient (Wildman–Crippen LogP) is 3.38. The molecule has 2 aliphatic rings. The second-order valence-corrected chi connectivity index (χ2v) is 7.31. The third kappa shape index (κ3) is 3.40. The minimum atomic E-state index is 0.415. The number of hydrogen-bond donors (Lipinski definition) is 1. The maximum atomic E-state index is 4.74. The highest BCUT2D eigenvalue weighted by atomic mass is 15.2. The summed E-state index contributed by atoms with van der Waals surface area (Å²) in [6.45, 7) is 6.64. The zero-order chi connectivity index (χ0) is 17.1. The van der Waals surface area contributed by atoms with Gasteiger partial charge in [0.2, 0.25) is 0 Å². The molecule has 1 saturated heterocycles. The second-order valence-electron chi connectivity index (χ2n) is 7.31. The van der Waals surface area contributed by atoms with E-state index in [-0.39, 0.29) is 0 Å². The Bertz CT molecular complexity index is 694. The Labute approximate surface area is 150 Å². The van der Waals surface area contributed by atoms with Crippen molar-refractivity contribution in [3.63, 3.8) is 0 Å². The quantitative estimate of drug-likeness (QED) is 0.909. The Morgan fingerprint density at radius 1 is 1.16 bits per heavy atom. The molecule has 0 radical (unpaired) electrons. The summed E-state index contributed by atoms with van der Waals surface area (Å²) in [6.07, 6.45) is 6.57. The number of fused-ring (bicyclic) bond motifs is 1.